The van der Waals surface area contributed by atoms with E-state index in [2.05, 4.69) is 5.32 Å². The third-order valence-electron chi connectivity index (χ3n) is 3.16. The predicted molar refractivity (Wildman–Crippen MR) is 75.7 cm³/mol. The number of carboxylic acids is 2. The van der Waals surface area contributed by atoms with E-state index in [1.807, 2.05) is 30.3 Å². The summed E-state index contributed by atoms with van der Waals surface area (Å²) in [6, 6.07) is 8.89. The summed E-state index contributed by atoms with van der Waals surface area (Å²) in [4.78, 5) is 33.3. The number of carbonyl (C=O) groups excluding carboxylic acids is 1. The molecule has 0 aliphatic rings. The van der Waals surface area contributed by atoms with Gasteiger partial charge < -0.3 is 15.5 Å². The summed E-state index contributed by atoms with van der Waals surface area (Å²) in [5, 5.41) is 20.2. The molecule has 1 unspecified atom stereocenters. The third-order valence-corrected chi connectivity index (χ3v) is 3.16. The summed E-state index contributed by atoms with van der Waals surface area (Å²) < 4.78 is 0. The second-order valence-electron chi connectivity index (χ2n) is 4.89. The van der Waals surface area contributed by atoms with Crippen LogP contribution >= 0.6 is 0 Å². The Morgan fingerprint density at radius 2 is 1.76 bits per heavy atom. The average molecular weight is 293 g/mol. The molecule has 0 aliphatic heterocycles. The molecule has 6 heteroatoms. The highest BCUT2D eigenvalue weighted by Gasteiger charge is 2.24. The third kappa shape index (κ3) is 6.07. The van der Waals surface area contributed by atoms with E-state index in [0.29, 0.717) is 12.8 Å². The fourth-order valence-corrected chi connectivity index (χ4v) is 1.86. The summed E-state index contributed by atoms with van der Waals surface area (Å²) in [5.74, 6) is -4.12. The van der Waals surface area contributed by atoms with Gasteiger partial charge in [-0.25, -0.2) is 0 Å². The highest BCUT2D eigenvalue weighted by molar-refractivity contribution is 5.96. The van der Waals surface area contributed by atoms with Crippen molar-refractivity contribution in [2.45, 2.75) is 32.2 Å². The molecule has 21 heavy (non-hydrogen) atoms. The molecule has 0 bridgehead atoms. The van der Waals surface area contributed by atoms with Crippen LogP contribution in [-0.4, -0.2) is 34.1 Å². The normalized spacial score (nSPS) is 13.2. The molecule has 1 aromatic rings. The first-order valence-electron chi connectivity index (χ1n) is 6.69. The molecular formula is C15H19NO5. The lowest BCUT2D eigenvalue weighted by Crippen LogP contribution is -2.41. The van der Waals surface area contributed by atoms with Gasteiger partial charge in [-0.1, -0.05) is 30.3 Å². The van der Waals surface area contributed by atoms with Gasteiger partial charge in [-0.05, 0) is 25.3 Å². The Labute approximate surface area is 122 Å². The molecule has 1 rings (SSSR count). The Hall–Kier alpha value is -2.37. The SMILES string of the molecule is CC(C(=O)O)C(=O)N[C@H](CCc1ccccc1)CC(=O)O. The van der Waals surface area contributed by atoms with Crippen LogP contribution in [0, 0.1) is 5.92 Å². The number of hydrogen-bond donors (Lipinski definition) is 3. The van der Waals surface area contributed by atoms with Gasteiger partial charge in [0.25, 0.3) is 0 Å². The van der Waals surface area contributed by atoms with Gasteiger partial charge in [0.05, 0.1) is 6.42 Å². The summed E-state index contributed by atoms with van der Waals surface area (Å²) in [7, 11) is 0. The van der Waals surface area contributed by atoms with Gasteiger partial charge in [0.2, 0.25) is 5.91 Å². The highest BCUT2D eigenvalue weighted by Crippen LogP contribution is 2.08. The molecular weight excluding hydrogens is 274 g/mol. The molecule has 0 fully saturated rings. The van der Waals surface area contributed by atoms with Crippen LogP contribution < -0.4 is 5.32 Å². The van der Waals surface area contributed by atoms with Gasteiger partial charge >= 0.3 is 11.9 Å². The van der Waals surface area contributed by atoms with Crippen molar-refractivity contribution in [2.24, 2.45) is 5.92 Å². The van der Waals surface area contributed by atoms with Crippen molar-refractivity contribution in [2.75, 3.05) is 0 Å². The molecule has 2 atom stereocenters. The first-order chi connectivity index (χ1) is 9.90. The molecule has 6 nitrogen and oxygen atoms in total. The fraction of sp³-hybridized carbons (Fsp3) is 0.400. The van der Waals surface area contributed by atoms with Crippen LogP contribution in [0.1, 0.15) is 25.3 Å². The van der Waals surface area contributed by atoms with Crippen LogP contribution in [0.5, 0.6) is 0 Å². The van der Waals surface area contributed by atoms with Crippen molar-refractivity contribution in [1.29, 1.82) is 0 Å². The number of carbonyl (C=O) groups is 3. The molecule has 0 saturated carbocycles. The summed E-state index contributed by atoms with van der Waals surface area (Å²) in [5.41, 5.74) is 1.04. The van der Waals surface area contributed by atoms with Crippen LogP contribution in [-0.2, 0) is 20.8 Å². The molecule has 0 heterocycles. The lowest BCUT2D eigenvalue weighted by Gasteiger charge is -2.18. The smallest absolute Gasteiger partial charge is 0.315 e. The number of carboxylic acid groups (broad SMARTS) is 2. The van der Waals surface area contributed by atoms with E-state index < -0.39 is 29.8 Å². The predicted octanol–water partition coefficient (Wildman–Crippen LogP) is 1.30. The van der Waals surface area contributed by atoms with Crippen LogP contribution in [0.25, 0.3) is 0 Å². The van der Waals surface area contributed by atoms with Gasteiger partial charge in [-0.2, -0.15) is 0 Å². The first kappa shape index (κ1) is 16.7. The summed E-state index contributed by atoms with van der Waals surface area (Å²) in [6.45, 7) is 1.27. The van der Waals surface area contributed by atoms with E-state index in [1.165, 1.54) is 6.92 Å². The first-order valence-corrected chi connectivity index (χ1v) is 6.69. The van der Waals surface area contributed by atoms with E-state index in [0.717, 1.165) is 5.56 Å². The number of nitrogens with one attached hydrogen (secondary N) is 1. The largest absolute Gasteiger partial charge is 0.481 e. The molecule has 0 aliphatic carbocycles. The molecule has 0 radical (unpaired) electrons. The maximum absolute atomic E-state index is 11.7. The number of aliphatic carboxylic acids is 2. The van der Waals surface area contributed by atoms with Gasteiger partial charge in [0.1, 0.15) is 5.92 Å². The van der Waals surface area contributed by atoms with E-state index in [9.17, 15) is 14.4 Å². The van der Waals surface area contributed by atoms with Crippen molar-refractivity contribution in [3.05, 3.63) is 35.9 Å². The van der Waals surface area contributed by atoms with Crippen molar-refractivity contribution in [1.82, 2.24) is 5.32 Å². The van der Waals surface area contributed by atoms with Crippen molar-refractivity contribution in [3.8, 4) is 0 Å². The minimum atomic E-state index is -1.23. The van der Waals surface area contributed by atoms with E-state index >= 15 is 0 Å². The molecule has 0 saturated heterocycles. The van der Waals surface area contributed by atoms with Gasteiger partial charge in [0, 0.05) is 6.04 Å². The Balaban J connectivity index is 2.61. The van der Waals surface area contributed by atoms with E-state index in [-0.39, 0.29) is 6.42 Å². The maximum Gasteiger partial charge on any atom is 0.315 e. The fourth-order valence-electron chi connectivity index (χ4n) is 1.86. The summed E-state index contributed by atoms with van der Waals surface area (Å²) in [6.07, 6.45) is 0.819. The minimum absolute atomic E-state index is 0.231. The second kappa shape index (κ2) is 8.04. The molecule has 114 valence electrons. The molecule has 0 aromatic heterocycles. The topological polar surface area (TPSA) is 104 Å². The quantitative estimate of drug-likeness (QED) is 0.627. The highest BCUT2D eigenvalue weighted by atomic mass is 16.4. The lowest BCUT2D eigenvalue weighted by molar-refractivity contribution is -0.146. The second-order valence-corrected chi connectivity index (χ2v) is 4.89. The molecule has 0 spiro atoms. The number of benzene rings is 1. The molecule has 1 amide bonds. The number of rotatable bonds is 8. The lowest BCUT2D eigenvalue weighted by atomic mass is 10.0. The van der Waals surface area contributed by atoms with Crippen LogP contribution in [0.4, 0.5) is 0 Å². The minimum Gasteiger partial charge on any atom is -0.481 e. The standard InChI is InChI=1S/C15H19NO5/c1-10(15(20)21)14(19)16-12(9-13(17)18)8-7-11-5-3-2-4-6-11/h2-6,10,12H,7-9H2,1H3,(H,16,19)(H,17,18)(H,20,21)/t10?,12-/m1/s1. The van der Waals surface area contributed by atoms with Crippen molar-refractivity contribution in [3.63, 3.8) is 0 Å². The van der Waals surface area contributed by atoms with E-state index in [4.69, 9.17) is 10.2 Å². The number of hydrogen-bond acceptors (Lipinski definition) is 3. The van der Waals surface area contributed by atoms with Gasteiger partial charge in [-0.3, -0.25) is 14.4 Å². The Bertz CT molecular complexity index is 500. The van der Waals surface area contributed by atoms with Gasteiger partial charge in [0.15, 0.2) is 0 Å². The van der Waals surface area contributed by atoms with E-state index in [1.54, 1.807) is 0 Å². The summed E-state index contributed by atoms with van der Waals surface area (Å²) >= 11 is 0. The zero-order chi connectivity index (χ0) is 15.8. The van der Waals surface area contributed by atoms with Crippen LogP contribution in [0.15, 0.2) is 30.3 Å². The Morgan fingerprint density at radius 3 is 2.29 bits per heavy atom. The maximum atomic E-state index is 11.7. The number of aryl methyl sites for hydroxylation is 1. The zero-order valence-electron chi connectivity index (χ0n) is 11.8. The monoisotopic (exact) mass is 293 g/mol. The van der Waals surface area contributed by atoms with Gasteiger partial charge in [-0.15, -0.1) is 0 Å². The van der Waals surface area contributed by atoms with Crippen LogP contribution in [0.3, 0.4) is 0 Å². The Kier molecular flexibility index (Phi) is 6.39. The number of amides is 1. The molecule has 3 N–H and O–H groups in total. The van der Waals surface area contributed by atoms with Crippen molar-refractivity contribution < 1.29 is 24.6 Å². The molecule has 1 aromatic carbocycles. The zero-order valence-corrected chi connectivity index (χ0v) is 11.8. The average Bonchev–Trinajstić information content (AvgIpc) is 2.44. The van der Waals surface area contributed by atoms with Crippen molar-refractivity contribution >= 4 is 17.8 Å². The Morgan fingerprint density at radius 1 is 1.14 bits per heavy atom. The van der Waals surface area contributed by atoms with Crippen LogP contribution in [0.2, 0.25) is 0 Å².